The van der Waals surface area contributed by atoms with E-state index in [1.54, 1.807) is 55.1 Å². The van der Waals surface area contributed by atoms with Gasteiger partial charge in [0, 0.05) is 18.3 Å². The summed E-state index contributed by atoms with van der Waals surface area (Å²) < 4.78 is 63.3. The van der Waals surface area contributed by atoms with E-state index in [-0.39, 0.29) is 73.5 Å². The van der Waals surface area contributed by atoms with Gasteiger partial charge in [-0.3, -0.25) is 44.1 Å². The molecule has 3 aliphatic rings. The third kappa shape index (κ3) is 9.00. The number of alkyl halides is 3. The van der Waals surface area contributed by atoms with Crippen LogP contribution in [0.2, 0.25) is 0 Å². The molecule has 3 aliphatic heterocycles. The number of benzene rings is 3. The second-order valence-electron chi connectivity index (χ2n) is 13.8. The van der Waals surface area contributed by atoms with Crippen molar-refractivity contribution >= 4 is 70.1 Å². The van der Waals surface area contributed by atoms with E-state index in [0.29, 0.717) is 24.7 Å². The molecule has 2 fully saturated rings. The number of fused-ring (bicyclic) bond motifs is 1. The molecule has 1 N–H and O–H groups in total. The molecule has 3 aromatic carbocycles. The molecule has 59 heavy (non-hydrogen) atoms. The number of nitriles is 1. The SMILES string of the molecule is CC1(C)C(=O)N(c2ccc(C#N)c(C(F)(F)F)c2)C(=S)N1c1ccc(OCCOCCOCCOCC=Nc2cccc3c2C(=O)N(C2CCC(=O)NC2=O)C3=O)cc1. The van der Waals surface area contributed by atoms with Crippen LogP contribution >= 0.6 is 12.2 Å². The lowest BCUT2D eigenvalue weighted by Crippen LogP contribution is -2.54. The third-order valence-electron chi connectivity index (χ3n) is 9.56. The van der Waals surface area contributed by atoms with Crippen LogP contribution in [0.4, 0.5) is 30.2 Å². The number of carbonyl (C=O) groups is 5. The summed E-state index contributed by atoms with van der Waals surface area (Å²) in [6, 6.07) is 14.8. The summed E-state index contributed by atoms with van der Waals surface area (Å²) in [5.74, 6) is -2.43. The number of nitrogens with zero attached hydrogens (tertiary/aromatic N) is 5. The van der Waals surface area contributed by atoms with Crippen molar-refractivity contribution in [3.05, 3.63) is 82.9 Å². The molecule has 1 unspecified atom stereocenters. The smallest absolute Gasteiger partial charge is 0.417 e. The van der Waals surface area contributed by atoms with Crippen molar-refractivity contribution in [3.63, 3.8) is 0 Å². The summed E-state index contributed by atoms with van der Waals surface area (Å²) in [6.07, 6.45) is -3.27. The maximum Gasteiger partial charge on any atom is 0.417 e. The summed E-state index contributed by atoms with van der Waals surface area (Å²) >= 11 is 5.58. The predicted molar refractivity (Wildman–Crippen MR) is 208 cm³/mol. The molecule has 3 aromatic rings. The minimum absolute atomic E-state index is 0.0189. The molecular weight excluding hydrogens is 798 g/mol. The van der Waals surface area contributed by atoms with Crippen LogP contribution in [0, 0.1) is 11.3 Å². The maximum absolute atomic E-state index is 13.6. The van der Waals surface area contributed by atoms with Crippen molar-refractivity contribution in [2.45, 2.75) is 44.4 Å². The van der Waals surface area contributed by atoms with E-state index < -0.39 is 58.4 Å². The van der Waals surface area contributed by atoms with Crippen molar-refractivity contribution < 1.29 is 56.1 Å². The molecule has 2 saturated heterocycles. The molecule has 0 spiro atoms. The molecule has 3 heterocycles. The lowest BCUT2D eigenvalue weighted by Gasteiger charge is -2.29. The number of hydrogen-bond donors (Lipinski definition) is 1. The quantitative estimate of drug-likeness (QED) is 0.0910. The Bertz CT molecular complexity index is 2240. The number of imide groups is 2. The lowest BCUT2D eigenvalue weighted by atomic mass is 10.0. The molecule has 19 heteroatoms. The number of amides is 5. The Kier molecular flexibility index (Phi) is 12.9. The molecule has 0 bridgehead atoms. The number of thiocarbonyl (C=S) groups is 1. The second-order valence-corrected chi connectivity index (χ2v) is 14.1. The largest absolute Gasteiger partial charge is 0.491 e. The summed E-state index contributed by atoms with van der Waals surface area (Å²) in [5.41, 5.74) is -2.06. The van der Waals surface area contributed by atoms with E-state index in [4.69, 9.17) is 36.4 Å². The highest BCUT2D eigenvalue weighted by atomic mass is 32.1. The van der Waals surface area contributed by atoms with E-state index in [1.807, 2.05) is 0 Å². The number of anilines is 2. The van der Waals surface area contributed by atoms with Gasteiger partial charge < -0.3 is 23.8 Å². The minimum atomic E-state index is -4.80. The number of aliphatic imine (C=N–C) groups is 1. The summed E-state index contributed by atoms with van der Waals surface area (Å²) in [6.45, 7) is 4.92. The number of ether oxygens (including phenoxy) is 4. The van der Waals surface area contributed by atoms with Gasteiger partial charge in [0.05, 0.1) is 79.3 Å². The van der Waals surface area contributed by atoms with E-state index in [1.165, 1.54) is 24.4 Å². The summed E-state index contributed by atoms with van der Waals surface area (Å²) in [4.78, 5) is 71.2. The number of piperidine rings is 1. The zero-order valence-electron chi connectivity index (χ0n) is 31.7. The number of rotatable bonds is 16. The van der Waals surface area contributed by atoms with Crippen molar-refractivity contribution in [1.82, 2.24) is 10.2 Å². The monoisotopic (exact) mass is 834 g/mol. The Morgan fingerprint density at radius 2 is 1.58 bits per heavy atom. The molecule has 1 atom stereocenters. The van der Waals surface area contributed by atoms with Crippen LogP contribution in [0.5, 0.6) is 5.75 Å². The lowest BCUT2D eigenvalue weighted by molar-refractivity contribution is -0.138. The zero-order chi connectivity index (χ0) is 42.5. The van der Waals surface area contributed by atoms with Crippen LogP contribution in [0.1, 0.15) is 58.5 Å². The van der Waals surface area contributed by atoms with Crippen LogP contribution in [-0.2, 0) is 34.8 Å². The topological polar surface area (TPSA) is 180 Å². The van der Waals surface area contributed by atoms with Gasteiger partial charge in [-0.1, -0.05) is 6.07 Å². The Morgan fingerprint density at radius 3 is 2.24 bits per heavy atom. The van der Waals surface area contributed by atoms with Gasteiger partial charge in [-0.25, -0.2) is 0 Å². The van der Waals surface area contributed by atoms with E-state index in [9.17, 15) is 37.1 Å². The first-order valence-corrected chi connectivity index (χ1v) is 18.7. The Hall–Kier alpha value is -6.07. The molecule has 0 radical (unpaired) electrons. The fourth-order valence-electron chi connectivity index (χ4n) is 6.69. The van der Waals surface area contributed by atoms with Crippen molar-refractivity contribution in [2.24, 2.45) is 4.99 Å². The van der Waals surface area contributed by atoms with Gasteiger partial charge in [0.2, 0.25) is 11.8 Å². The van der Waals surface area contributed by atoms with Gasteiger partial charge >= 0.3 is 6.18 Å². The first kappa shape index (κ1) is 42.5. The first-order chi connectivity index (χ1) is 28.1. The van der Waals surface area contributed by atoms with Crippen molar-refractivity contribution in [1.29, 1.82) is 5.26 Å². The Labute approximate surface area is 341 Å². The van der Waals surface area contributed by atoms with Crippen molar-refractivity contribution in [3.8, 4) is 11.8 Å². The normalized spacial score (nSPS) is 17.9. The van der Waals surface area contributed by atoms with Gasteiger partial charge in [0.1, 0.15) is 23.9 Å². The van der Waals surface area contributed by atoms with Gasteiger partial charge in [-0.2, -0.15) is 18.4 Å². The zero-order valence-corrected chi connectivity index (χ0v) is 32.6. The van der Waals surface area contributed by atoms with E-state index in [0.717, 1.165) is 21.9 Å². The Balaban J connectivity index is 0.875. The van der Waals surface area contributed by atoms with Gasteiger partial charge in [0.25, 0.3) is 17.7 Å². The van der Waals surface area contributed by atoms with Crippen LogP contribution in [0.25, 0.3) is 0 Å². The van der Waals surface area contributed by atoms with Gasteiger partial charge in [0.15, 0.2) is 5.11 Å². The van der Waals surface area contributed by atoms with Gasteiger partial charge in [-0.05, 0) is 87.1 Å². The highest BCUT2D eigenvalue weighted by molar-refractivity contribution is 7.81. The predicted octanol–water partition coefficient (Wildman–Crippen LogP) is 4.73. The molecule has 15 nitrogen and oxygen atoms in total. The maximum atomic E-state index is 13.6. The average Bonchev–Trinajstić information content (AvgIpc) is 3.55. The highest BCUT2D eigenvalue weighted by Crippen LogP contribution is 2.40. The number of halogens is 3. The first-order valence-electron chi connectivity index (χ1n) is 18.3. The average molecular weight is 835 g/mol. The van der Waals surface area contributed by atoms with Crippen LogP contribution in [0.15, 0.2) is 65.7 Å². The summed E-state index contributed by atoms with van der Waals surface area (Å²) in [5, 5.41) is 11.3. The third-order valence-corrected chi connectivity index (χ3v) is 9.92. The van der Waals surface area contributed by atoms with Gasteiger partial charge in [-0.15, -0.1) is 0 Å². The number of carbonyl (C=O) groups excluding carboxylic acids is 5. The van der Waals surface area contributed by atoms with Crippen molar-refractivity contribution in [2.75, 3.05) is 56.0 Å². The highest BCUT2D eigenvalue weighted by Gasteiger charge is 2.51. The standard InChI is InChI=1S/C40H37F3N6O9S/c1-39(2)37(54)47(26-7-6-24(23-44)29(22-26)40(41,42)43)38(59)49(39)25-8-10-27(11-9-25)58-21-20-57-19-18-56-17-16-55-15-14-45-30-5-3-4-28-33(30)36(53)48(35(28)52)31-12-13-32(50)46-34(31)51/h3-11,14,22,31H,12-13,15-21H2,1-2H3,(H,46,50,51). The second kappa shape index (κ2) is 17.8. The fourth-order valence-corrected chi connectivity index (χ4v) is 7.21. The molecule has 0 saturated carbocycles. The van der Waals surface area contributed by atoms with Crippen LogP contribution in [-0.4, -0.2) is 104 Å². The van der Waals surface area contributed by atoms with E-state index in [2.05, 4.69) is 10.3 Å². The molecule has 0 aliphatic carbocycles. The molecule has 6 rings (SSSR count). The molecule has 308 valence electrons. The Morgan fingerprint density at radius 1 is 0.915 bits per heavy atom. The molecular formula is C40H37F3N6O9S. The minimum Gasteiger partial charge on any atom is -0.491 e. The number of hydrogen-bond acceptors (Lipinski definition) is 12. The summed E-state index contributed by atoms with van der Waals surface area (Å²) in [7, 11) is 0. The van der Waals surface area contributed by atoms with Crippen LogP contribution in [0.3, 0.4) is 0 Å². The van der Waals surface area contributed by atoms with Crippen LogP contribution < -0.4 is 19.9 Å². The number of nitrogens with one attached hydrogen (secondary N) is 1. The molecule has 0 aromatic heterocycles. The molecule has 5 amide bonds. The fraction of sp³-hybridized carbons (Fsp3) is 0.350. The van der Waals surface area contributed by atoms with E-state index >= 15 is 0 Å².